The fourth-order valence-corrected chi connectivity index (χ4v) is 2.66. The molecule has 100 valence electrons. The molecule has 5 heteroatoms. The minimum absolute atomic E-state index is 0.0745. The van der Waals surface area contributed by atoms with Crippen molar-refractivity contribution in [2.45, 2.75) is 32.2 Å². The maximum Gasteiger partial charge on any atom is 0.252 e. The van der Waals surface area contributed by atoms with Gasteiger partial charge in [-0.05, 0) is 69.6 Å². The molecule has 3 nitrogen and oxygen atoms in total. The first-order valence-electron chi connectivity index (χ1n) is 5.95. The first-order valence-corrected chi connectivity index (χ1v) is 7.82. The third-order valence-corrected chi connectivity index (χ3v) is 4.66. The molecule has 0 bridgehead atoms. The summed E-state index contributed by atoms with van der Waals surface area (Å²) in [7, 11) is 0. The van der Waals surface area contributed by atoms with Crippen LogP contribution >= 0.6 is 38.5 Å². The van der Waals surface area contributed by atoms with Crippen molar-refractivity contribution in [2.24, 2.45) is 5.73 Å². The number of rotatable bonds is 5. The topological polar surface area (TPSA) is 55.1 Å². The van der Waals surface area contributed by atoms with E-state index in [4.69, 9.17) is 5.73 Å². The summed E-state index contributed by atoms with van der Waals surface area (Å²) >= 11 is 5.60. The van der Waals surface area contributed by atoms with Crippen molar-refractivity contribution in [3.8, 4) is 0 Å². The van der Waals surface area contributed by atoms with E-state index in [-0.39, 0.29) is 11.4 Å². The molecule has 0 atom stereocenters. The normalized spacial score (nSPS) is 11.4. The van der Waals surface area contributed by atoms with Gasteiger partial charge in [-0.15, -0.1) is 0 Å². The molecule has 0 aliphatic rings. The van der Waals surface area contributed by atoms with Crippen LogP contribution < -0.4 is 11.1 Å². The van der Waals surface area contributed by atoms with Crippen LogP contribution in [0.3, 0.4) is 0 Å². The molecular weight excluding hydrogens is 407 g/mol. The fourth-order valence-electron chi connectivity index (χ4n) is 1.75. The molecule has 18 heavy (non-hydrogen) atoms. The van der Waals surface area contributed by atoms with Gasteiger partial charge in [-0.3, -0.25) is 4.79 Å². The molecule has 1 rings (SSSR count). The van der Waals surface area contributed by atoms with Crippen LogP contribution in [-0.2, 0) is 0 Å². The molecule has 0 aliphatic heterocycles. The van der Waals surface area contributed by atoms with E-state index in [1.54, 1.807) is 0 Å². The first-order chi connectivity index (χ1) is 8.48. The Morgan fingerprint density at radius 2 is 2.06 bits per heavy atom. The van der Waals surface area contributed by atoms with Gasteiger partial charge in [-0.1, -0.05) is 13.8 Å². The Labute approximate surface area is 130 Å². The van der Waals surface area contributed by atoms with Gasteiger partial charge in [-0.25, -0.2) is 0 Å². The Morgan fingerprint density at radius 1 is 1.44 bits per heavy atom. The number of carbonyl (C=O) groups is 1. The maximum absolute atomic E-state index is 12.3. The number of carbonyl (C=O) groups excluding carboxylic acids is 1. The van der Waals surface area contributed by atoms with E-state index in [0.717, 1.165) is 20.9 Å². The van der Waals surface area contributed by atoms with E-state index in [2.05, 4.69) is 43.8 Å². The lowest BCUT2D eigenvalue weighted by Crippen LogP contribution is -2.52. The first kappa shape index (κ1) is 15.9. The number of nitrogens with two attached hydrogens (primary N) is 1. The molecule has 0 radical (unpaired) electrons. The van der Waals surface area contributed by atoms with Crippen LogP contribution in [0.2, 0.25) is 0 Å². The van der Waals surface area contributed by atoms with Crippen molar-refractivity contribution in [1.82, 2.24) is 5.32 Å². The van der Waals surface area contributed by atoms with Gasteiger partial charge in [0.05, 0.1) is 11.1 Å². The van der Waals surface area contributed by atoms with Crippen LogP contribution in [0.1, 0.15) is 37.0 Å². The van der Waals surface area contributed by atoms with Gasteiger partial charge in [0.15, 0.2) is 0 Å². The standard InChI is InChI=1S/C13H18BrIN2O/c1-3-13(4-2,8-16)17-12(18)10-7-9(15)5-6-11(10)14/h5-7H,3-4,8,16H2,1-2H3,(H,17,18). The third kappa shape index (κ3) is 3.68. The second kappa shape index (κ2) is 6.86. The molecule has 0 spiro atoms. The Morgan fingerprint density at radius 3 is 2.56 bits per heavy atom. The molecule has 1 aromatic carbocycles. The molecule has 0 fully saturated rings. The largest absolute Gasteiger partial charge is 0.345 e. The lowest BCUT2D eigenvalue weighted by atomic mass is 9.92. The van der Waals surface area contributed by atoms with E-state index in [0.29, 0.717) is 12.1 Å². The highest BCUT2D eigenvalue weighted by Gasteiger charge is 2.27. The van der Waals surface area contributed by atoms with Crippen molar-refractivity contribution in [3.05, 3.63) is 31.8 Å². The van der Waals surface area contributed by atoms with Crippen LogP contribution in [-0.4, -0.2) is 18.0 Å². The molecular formula is C13H18BrIN2O. The summed E-state index contributed by atoms with van der Waals surface area (Å²) in [5, 5.41) is 3.07. The zero-order chi connectivity index (χ0) is 13.8. The quantitative estimate of drug-likeness (QED) is 0.712. The van der Waals surface area contributed by atoms with Gasteiger partial charge in [0.25, 0.3) is 5.91 Å². The Balaban J connectivity index is 2.97. The van der Waals surface area contributed by atoms with Gasteiger partial charge in [0.1, 0.15) is 0 Å². The predicted molar refractivity (Wildman–Crippen MR) is 86.7 cm³/mol. The van der Waals surface area contributed by atoms with Gasteiger partial charge in [0.2, 0.25) is 0 Å². The van der Waals surface area contributed by atoms with Crippen molar-refractivity contribution in [1.29, 1.82) is 0 Å². The minimum Gasteiger partial charge on any atom is -0.345 e. The summed E-state index contributed by atoms with van der Waals surface area (Å²) in [6.45, 7) is 4.54. The third-order valence-electron chi connectivity index (χ3n) is 3.30. The summed E-state index contributed by atoms with van der Waals surface area (Å²) in [5.74, 6) is -0.0745. The zero-order valence-electron chi connectivity index (χ0n) is 10.6. The Kier molecular flexibility index (Phi) is 6.07. The molecule has 0 aromatic heterocycles. The van der Waals surface area contributed by atoms with Crippen LogP contribution in [0, 0.1) is 3.57 Å². The Bertz CT molecular complexity index is 425. The van der Waals surface area contributed by atoms with E-state index in [1.165, 1.54) is 0 Å². The maximum atomic E-state index is 12.3. The van der Waals surface area contributed by atoms with Crippen LogP contribution in [0.15, 0.2) is 22.7 Å². The smallest absolute Gasteiger partial charge is 0.252 e. The van der Waals surface area contributed by atoms with Crippen molar-refractivity contribution >= 4 is 44.4 Å². The zero-order valence-corrected chi connectivity index (χ0v) is 14.3. The number of halogens is 2. The molecule has 0 aliphatic carbocycles. The van der Waals surface area contributed by atoms with Crippen molar-refractivity contribution in [2.75, 3.05) is 6.54 Å². The van der Waals surface area contributed by atoms with E-state index in [9.17, 15) is 4.79 Å². The summed E-state index contributed by atoms with van der Waals surface area (Å²) in [5.41, 5.74) is 6.14. The van der Waals surface area contributed by atoms with Crippen molar-refractivity contribution in [3.63, 3.8) is 0 Å². The SMILES string of the molecule is CCC(CC)(CN)NC(=O)c1cc(I)ccc1Br. The van der Waals surface area contributed by atoms with E-state index < -0.39 is 0 Å². The van der Waals surface area contributed by atoms with E-state index >= 15 is 0 Å². The molecule has 3 N–H and O–H groups in total. The number of hydrogen-bond acceptors (Lipinski definition) is 2. The number of amides is 1. The summed E-state index contributed by atoms with van der Waals surface area (Å²) in [6, 6.07) is 5.71. The molecule has 0 saturated carbocycles. The van der Waals surface area contributed by atoms with E-state index in [1.807, 2.05) is 32.0 Å². The number of benzene rings is 1. The second-order valence-electron chi connectivity index (χ2n) is 4.27. The lowest BCUT2D eigenvalue weighted by molar-refractivity contribution is 0.0894. The summed E-state index contributed by atoms with van der Waals surface area (Å²) in [4.78, 5) is 12.3. The molecule has 0 saturated heterocycles. The highest BCUT2D eigenvalue weighted by atomic mass is 127. The molecule has 0 heterocycles. The highest BCUT2D eigenvalue weighted by Crippen LogP contribution is 2.21. The summed E-state index contributed by atoms with van der Waals surface area (Å²) in [6.07, 6.45) is 1.65. The molecule has 0 unspecified atom stereocenters. The second-order valence-corrected chi connectivity index (χ2v) is 6.37. The predicted octanol–water partition coefficient (Wildman–Crippen LogP) is 3.30. The van der Waals surface area contributed by atoms with Crippen LogP contribution in [0.5, 0.6) is 0 Å². The summed E-state index contributed by atoms with van der Waals surface area (Å²) < 4.78 is 1.84. The number of hydrogen-bond donors (Lipinski definition) is 2. The lowest BCUT2D eigenvalue weighted by Gasteiger charge is -2.31. The van der Waals surface area contributed by atoms with Gasteiger partial charge < -0.3 is 11.1 Å². The van der Waals surface area contributed by atoms with Gasteiger partial charge >= 0.3 is 0 Å². The monoisotopic (exact) mass is 424 g/mol. The average molecular weight is 425 g/mol. The molecule has 1 amide bonds. The van der Waals surface area contributed by atoms with Gasteiger partial charge in [0, 0.05) is 14.6 Å². The minimum atomic E-state index is -0.308. The fraction of sp³-hybridized carbons (Fsp3) is 0.462. The average Bonchev–Trinajstić information content (AvgIpc) is 2.38. The van der Waals surface area contributed by atoms with Gasteiger partial charge in [-0.2, -0.15) is 0 Å². The number of nitrogens with one attached hydrogen (secondary N) is 1. The van der Waals surface area contributed by atoms with Crippen LogP contribution in [0.4, 0.5) is 0 Å². The molecule has 1 aromatic rings. The Hall–Kier alpha value is -0.140. The van der Waals surface area contributed by atoms with Crippen molar-refractivity contribution < 1.29 is 4.79 Å². The highest BCUT2D eigenvalue weighted by molar-refractivity contribution is 14.1. The van der Waals surface area contributed by atoms with Crippen LogP contribution in [0.25, 0.3) is 0 Å².